The third-order valence-electron chi connectivity index (χ3n) is 1.03. The Morgan fingerprint density at radius 2 is 1.60 bits per heavy atom. The van der Waals surface area contributed by atoms with Gasteiger partial charge in [0, 0.05) is 21.7 Å². The topological polar surface area (TPSA) is 3.24 Å². The van der Waals surface area contributed by atoms with E-state index in [1.165, 1.54) is 0 Å². The molecule has 0 bridgehead atoms. The van der Waals surface area contributed by atoms with Gasteiger partial charge in [0.05, 0.1) is 0 Å². The predicted octanol–water partition coefficient (Wildman–Crippen LogP) is 3.49. The fourth-order valence-electron chi connectivity index (χ4n) is 0.340. The minimum Gasteiger partial charge on any atom is -0.358 e. The van der Waals surface area contributed by atoms with Gasteiger partial charge in [0.15, 0.2) is 0 Å². The molecule has 1 rings (SSSR count). The van der Waals surface area contributed by atoms with E-state index in [-0.39, 0.29) is 51.4 Å². The second-order valence-electron chi connectivity index (χ2n) is 2.31. The summed E-state index contributed by atoms with van der Waals surface area (Å²) in [6.07, 6.45) is 10.0. The van der Waals surface area contributed by atoms with E-state index in [1.54, 1.807) is 0 Å². The van der Waals surface area contributed by atoms with Gasteiger partial charge in [-0.25, -0.2) is 12.2 Å². The smallest absolute Gasteiger partial charge is 0 e. The van der Waals surface area contributed by atoms with Crippen LogP contribution in [-0.4, -0.2) is 25.5 Å². The van der Waals surface area contributed by atoms with Gasteiger partial charge in [0.2, 0.25) is 0 Å². The molecule has 15 heavy (non-hydrogen) atoms. The molecule has 0 aromatic heterocycles. The minimum absolute atomic E-state index is 0. The molecule has 0 N–H and O–H groups in total. The molecule has 0 amide bonds. The quantitative estimate of drug-likeness (QED) is 0.505. The first-order valence-corrected chi connectivity index (χ1v) is 3.43. The molecular formula is C13H27NTi-6. The van der Waals surface area contributed by atoms with Gasteiger partial charge in [-0.3, -0.25) is 6.08 Å². The van der Waals surface area contributed by atoms with E-state index in [0.717, 1.165) is 13.0 Å². The number of hydrogen-bond acceptors (Lipinski definition) is 1. The van der Waals surface area contributed by atoms with Crippen LogP contribution in [0.15, 0.2) is 18.2 Å². The molecule has 0 aromatic rings. The summed E-state index contributed by atoms with van der Waals surface area (Å²) in [5.41, 5.74) is 0. The average Bonchev–Trinajstić information content (AvgIpc) is 2.43. The Balaban J connectivity index is -0.0000000202. The molecule has 94 valence electrons. The Hall–Kier alpha value is 0.154. The SMILES string of the molecule is [C-]1=CC=CC1.[CH2-]CN(C)C.[CH3-].[CH3-].[CH3-].[CH3-].[Ti]. The predicted molar refractivity (Wildman–Crippen MR) is 71.1 cm³/mol. The van der Waals surface area contributed by atoms with Crippen LogP contribution in [0.5, 0.6) is 0 Å². The van der Waals surface area contributed by atoms with Gasteiger partial charge < -0.3 is 41.5 Å². The van der Waals surface area contributed by atoms with Crippen molar-refractivity contribution in [1.29, 1.82) is 0 Å². The molecule has 2 heteroatoms. The molecule has 0 heterocycles. The van der Waals surface area contributed by atoms with Crippen LogP contribution in [0.1, 0.15) is 6.42 Å². The first kappa shape index (κ1) is 36.2. The Morgan fingerprint density at radius 3 is 1.67 bits per heavy atom. The number of nitrogens with zero attached hydrogens (tertiary/aromatic N) is 1. The van der Waals surface area contributed by atoms with Crippen LogP contribution < -0.4 is 0 Å². The third-order valence-corrected chi connectivity index (χ3v) is 1.03. The molecular weight excluding hydrogens is 218 g/mol. The van der Waals surface area contributed by atoms with Crippen molar-refractivity contribution in [2.75, 3.05) is 20.6 Å². The first-order valence-electron chi connectivity index (χ1n) is 3.43. The second-order valence-corrected chi connectivity index (χ2v) is 2.31. The van der Waals surface area contributed by atoms with Crippen molar-refractivity contribution in [3.8, 4) is 0 Å². The molecule has 0 aliphatic heterocycles. The van der Waals surface area contributed by atoms with Gasteiger partial charge in [-0.1, -0.05) is 0 Å². The van der Waals surface area contributed by atoms with Crippen LogP contribution in [0.3, 0.4) is 0 Å². The molecule has 0 saturated heterocycles. The monoisotopic (exact) mass is 245 g/mol. The molecule has 0 spiro atoms. The number of hydrogen-bond donors (Lipinski definition) is 0. The van der Waals surface area contributed by atoms with Crippen LogP contribution in [0.2, 0.25) is 0 Å². The largest absolute Gasteiger partial charge is 0.358 e. The third kappa shape index (κ3) is 40.9. The molecule has 0 unspecified atom stereocenters. The molecule has 1 nitrogen and oxygen atoms in total. The van der Waals surface area contributed by atoms with Crippen molar-refractivity contribution >= 4 is 0 Å². The zero-order valence-corrected chi connectivity index (χ0v) is 12.9. The van der Waals surface area contributed by atoms with E-state index < -0.39 is 0 Å². The Bertz CT molecular complexity index is 108. The van der Waals surface area contributed by atoms with Crippen LogP contribution in [0.4, 0.5) is 0 Å². The summed E-state index contributed by atoms with van der Waals surface area (Å²) in [6.45, 7) is 4.50. The van der Waals surface area contributed by atoms with Gasteiger partial charge in [-0.2, -0.15) is 6.08 Å². The summed E-state index contributed by atoms with van der Waals surface area (Å²) < 4.78 is 0. The van der Waals surface area contributed by atoms with Gasteiger partial charge in [-0.05, 0) is 14.1 Å². The van der Waals surface area contributed by atoms with Crippen molar-refractivity contribution in [1.82, 2.24) is 4.90 Å². The normalized spacial score (nSPS) is 9.07. The summed E-state index contributed by atoms with van der Waals surface area (Å²) in [5, 5.41) is 0. The van der Waals surface area contributed by atoms with Crippen molar-refractivity contribution < 1.29 is 21.7 Å². The molecule has 0 saturated carbocycles. The maximum atomic E-state index is 3.61. The van der Waals surface area contributed by atoms with Gasteiger partial charge >= 0.3 is 0 Å². The Morgan fingerprint density at radius 1 is 1.20 bits per heavy atom. The fourth-order valence-corrected chi connectivity index (χ4v) is 0.340. The van der Waals surface area contributed by atoms with Crippen LogP contribution in [0.25, 0.3) is 0 Å². The van der Waals surface area contributed by atoms with Crippen molar-refractivity contribution in [3.63, 3.8) is 0 Å². The number of rotatable bonds is 1. The summed E-state index contributed by atoms with van der Waals surface area (Å²) in [6, 6.07) is 0. The van der Waals surface area contributed by atoms with E-state index >= 15 is 0 Å². The zero-order chi connectivity index (χ0) is 7.82. The van der Waals surface area contributed by atoms with Crippen LogP contribution >= 0.6 is 0 Å². The van der Waals surface area contributed by atoms with Crippen LogP contribution in [0, 0.1) is 42.7 Å². The Labute approximate surface area is 115 Å². The van der Waals surface area contributed by atoms with E-state index in [9.17, 15) is 0 Å². The van der Waals surface area contributed by atoms with Crippen molar-refractivity contribution in [2.24, 2.45) is 0 Å². The molecule has 0 atom stereocenters. The standard InChI is InChI=1S/C5H5.C4H10N.4CH3.Ti/c1-2-4-5-3-1;1-4-5(2)3;;;;;/h1-3H,4H2;1,4H2,2-3H3;4*1H3;/q6*-1;. The maximum absolute atomic E-state index is 3.61. The van der Waals surface area contributed by atoms with Crippen LogP contribution in [-0.2, 0) is 21.7 Å². The zero-order valence-electron chi connectivity index (χ0n) is 11.3. The maximum Gasteiger partial charge on any atom is 0 e. The molecule has 1 aliphatic carbocycles. The summed E-state index contributed by atoms with van der Waals surface area (Å²) in [4.78, 5) is 2.01. The van der Waals surface area contributed by atoms with Gasteiger partial charge in [-0.15, -0.1) is 13.0 Å². The molecule has 0 aromatic carbocycles. The molecule has 0 fully saturated rings. The van der Waals surface area contributed by atoms with E-state index in [4.69, 9.17) is 0 Å². The van der Waals surface area contributed by atoms with E-state index in [1.807, 2.05) is 31.1 Å². The van der Waals surface area contributed by atoms with E-state index in [0.29, 0.717) is 0 Å². The average molecular weight is 245 g/mol. The Kier molecular flexibility index (Phi) is 70.6. The van der Waals surface area contributed by atoms with Crippen molar-refractivity contribution in [3.05, 3.63) is 60.9 Å². The van der Waals surface area contributed by atoms with E-state index in [2.05, 4.69) is 19.1 Å². The van der Waals surface area contributed by atoms with Gasteiger partial charge in [0.25, 0.3) is 0 Å². The first-order chi connectivity index (χ1) is 4.77. The molecule has 1 aliphatic rings. The summed E-state index contributed by atoms with van der Waals surface area (Å²) in [7, 11) is 3.99. The number of allylic oxidation sites excluding steroid dienone is 4. The minimum atomic E-state index is 0. The second kappa shape index (κ2) is 29.2. The molecule has 0 radical (unpaired) electrons. The fraction of sp³-hybridized carbons (Fsp3) is 0.308. The summed E-state index contributed by atoms with van der Waals surface area (Å²) in [5.74, 6) is 0. The summed E-state index contributed by atoms with van der Waals surface area (Å²) >= 11 is 0. The van der Waals surface area contributed by atoms with Crippen molar-refractivity contribution in [2.45, 2.75) is 6.42 Å². The van der Waals surface area contributed by atoms with Gasteiger partial charge in [0.1, 0.15) is 0 Å².